The summed E-state index contributed by atoms with van der Waals surface area (Å²) in [5, 5.41) is 10.3. The van der Waals surface area contributed by atoms with Crippen LogP contribution < -0.4 is 14.5 Å². The van der Waals surface area contributed by atoms with Crippen LogP contribution in [0.5, 0.6) is 5.75 Å². The highest BCUT2D eigenvalue weighted by Gasteiger charge is 2.52. The molecule has 5 aliphatic heterocycles. The molecule has 2 atom stereocenters. The number of para-hydroxylation sites is 1. The van der Waals surface area contributed by atoms with Gasteiger partial charge in [0.1, 0.15) is 11.6 Å². The first-order valence-electron chi connectivity index (χ1n) is 16.2. The van der Waals surface area contributed by atoms with Crippen LogP contribution >= 0.6 is 23.2 Å². The van der Waals surface area contributed by atoms with E-state index in [9.17, 15) is 23.5 Å². The van der Waals surface area contributed by atoms with Gasteiger partial charge in [-0.2, -0.15) is 0 Å². The Morgan fingerprint density at radius 3 is 2.30 bits per heavy atom. The van der Waals surface area contributed by atoms with Crippen LogP contribution in [0.2, 0.25) is 10.0 Å². The van der Waals surface area contributed by atoms with Crippen molar-refractivity contribution in [2.24, 2.45) is 5.41 Å². The molecule has 3 N–H and O–H groups in total. The number of ether oxygens (including phenoxy) is 2. The van der Waals surface area contributed by atoms with Crippen LogP contribution in [0, 0.1) is 11.2 Å². The Morgan fingerprint density at radius 2 is 1.66 bits per heavy atom. The van der Waals surface area contributed by atoms with E-state index in [1.807, 2.05) is 0 Å². The summed E-state index contributed by atoms with van der Waals surface area (Å²) < 4.78 is 52.9. The monoisotopic (exact) mass is 734 g/mol. The molecule has 4 saturated heterocycles. The van der Waals surface area contributed by atoms with Gasteiger partial charge in [0.15, 0.2) is 6.73 Å². The van der Waals surface area contributed by atoms with Gasteiger partial charge in [-0.05, 0) is 37.1 Å². The molecule has 1 spiro atoms. The molecular formula is C35H35Cl2F3N4O6. The van der Waals surface area contributed by atoms with Crippen molar-refractivity contribution in [1.29, 1.82) is 0 Å². The molecule has 0 aromatic heterocycles. The first-order chi connectivity index (χ1) is 23.5. The normalized spacial score (nSPS) is 22.1. The van der Waals surface area contributed by atoms with Crippen LogP contribution in [0.15, 0.2) is 42.5 Å². The van der Waals surface area contributed by atoms with Gasteiger partial charge < -0.3 is 34.8 Å². The van der Waals surface area contributed by atoms with Crippen LogP contribution in [-0.4, -0.2) is 103 Å². The number of hydrogen-bond acceptors (Lipinski definition) is 7. The van der Waals surface area contributed by atoms with Crippen molar-refractivity contribution in [3.8, 4) is 16.9 Å². The number of benzene rings is 3. The van der Waals surface area contributed by atoms with Gasteiger partial charge in [-0.15, -0.1) is 0 Å². The van der Waals surface area contributed by atoms with Crippen LogP contribution in [0.4, 0.5) is 24.5 Å². The summed E-state index contributed by atoms with van der Waals surface area (Å²) in [6.07, 6.45) is -0.615. The van der Waals surface area contributed by atoms with E-state index < -0.39 is 24.1 Å². The third-order valence-electron chi connectivity index (χ3n) is 10.4. The molecule has 2 unspecified atom stereocenters. The number of rotatable bonds is 7. The lowest BCUT2D eigenvalue weighted by atomic mass is 9.72. The number of anilines is 2. The smallest absolute Gasteiger partial charge is 0.337 e. The molecule has 50 heavy (non-hydrogen) atoms. The lowest BCUT2D eigenvalue weighted by Crippen LogP contribution is -2.72. The van der Waals surface area contributed by atoms with Crippen LogP contribution in [0.1, 0.15) is 39.1 Å². The Morgan fingerprint density at radius 1 is 0.980 bits per heavy atom. The van der Waals surface area contributed by atoms with Gasteiger partial charge in [0.2, 0.25) is 0 Å². The van der Waals surface area contributed by atoms with Gasteiger partial charge in [0.05, 0.1) is 65.2 Å². The second-order valence-electron chi connectivity index (χ2n) is 13.8. The van der Waals surface area contributed by atoms with Crippen molar-refractivity contribution in [2.45, 2.75) is 37.9 Å². The number of fused-ring (bicyclic) bond motifs is 3. The molecule has 0 radical (unpaired) electrons. The Balaban J connectivity index is 0.00000392. The van der Waals surface area contributed by atoms with Gasteiger partial charge in [0, 0.05) is 54.0 Å². The number of nitrogens with zero attached hydrogens (tertiary/aromatic N) is 4. The molecule has 5 aliphatic rings. The minimum Gasteiger partial charge on any atom is -0.478 e. The number of hydrogen-bond donors (Lipinski definition) is 1. The minimum absolute atomic E-state index is 0. The molecular weight excluding hydrogens is 700 g/mol. The van der Waals surface area contributed by atoms with E-state index in [2.05, 4.69) is 9.80 Å². The number of alkyl halides is 2. The van der Waals surface area contributed by atoms with Crippen LogP contribution in [0.25, 0.3) is 11.1 Å². The van der Waals surface area contributed by atoms with E-state index in [0.717, 1.165) is 24.6 Å². The van der Waals surface area contributed by atoms with Crippen molar-refractivity contribution in [2.75, 3.05) is 62.5 Å². The average molecular weight is 736 g/mol. The maximum atomic E-state index is 15.7. The van der Waals surface area contributed by atoms with E-state index in [-0.39, 0.29) is 69.5 Å². The molecule has 3 aromatic carbocycles. The molecule has 0 aliphatic carbocycles. The van der Waals surface area contributed by atoms with Gasteiger partial charge in [-0.1, -0.05) is 41.4 Å². The SMILES string of the molecule is O.O=C(O)c1cc(F)c(-c2cccc3c2OCN(C(=O)c2c(Cl)cc(N4CC5(CN(CC(F)F)C5)C4)cc2Cl)C3)cc1N1C2CCC1COC2. The second kappa shape index (κ2) is 13.1. The fraction of sp³-hybridized carbons (Fsp3) is 0.429. The third kappa shape index (κ3) is 5.92. The number of aromatic carboxylic acids is 1. The summed E-state index contributed by atoms with van der Waals surface area (Å²) in [6.45, 7) is 3.40. The van der Waals surface area contributed by atoms with Gasteiger partial charge in [-0.25, -0.2) is 18.0 Å². The van der Waals surface area contributed by atoms with Crippen molar-refractivity contribution in [3.05, 3.63) is 75.0 Å². The zero-order chi connectivity index (χ0) is 34.2. The predicted octanol–water partition coefficient (Wildman–Crippen LogP) is 5.42. The summed E-state index contributed by atoms with van der Waals surface area (Å²) in [5.74, 6) is -1.91. The number of carboxylic acids is 1. The van der Waals surface area contributed by atoms with E-state index in [1.165, 1.54) is 4.90 Å². The number of carbonyl (C=O) groups is 2. The molecule has 4 fully saturated rings. The van der Waals surface area contributed by atoms with Gasteiger partial charge in [-0.3, -0.25) is 9.69 Å². The van der Waals surface area contributed by atoms with Crippen molar-refractivity contribution >= 4 is 46.5 Å². The molecule has 266 valence electrons. The highest BCUT2D eigenvalue weighted by Crippen LogP contribution is 2.45. The zero-order valence-corrected chi connectivity index (χ0v) is 28.3. The summed E-state index contributed by atoms with van der Waals surface area (Å²) in [7, 11) is 0. The summed E-state index contributed by atoms with van der Waals surface area (Å²) in [4.78, 5) is 33.3. The standard InChI is InChI=1S/C35H33Cl2F3N4O5.H2O/c36-26-6-22(43-16-35(17-43)14-41(15-35)11-30(39)40)7-27(37)31(26)33(45)42-10-19-2-1-3-23(32(19)49-18-42)24-9-29(25(34(46)47)8-28(24)38)44-20-4-5-21(44)13-48-12-20;/h1-3,6-9,20-21,30H,4-5,10-18H2,(H,46,47);1H2. The number of amides is 1. The molecule has 5 heterocycles. The summed E-state index contributed by atoms with van der Waals surface area (Å²) in [6, 6.07) is 11.3. The minimum atomic E-state index is -2.35. The Bertz CT molecular complexity index is 1810. The molecule has 10 nitrogen and oxygen atoms in total. The maximum absolute atomic E-state index is 15.7. The predicted molar refractivity (Wildman–Crippen MR) is 181 cm³/mol. The number of morpholine rings is 1. The molecule has 2 bridgehead atoms. The fourth-order valence-electron chi connectivity index (χ4n) is 8.27. The van der Waals surface area contributed by atoms with Crippen LogP contribution in [0.3, 0.4) is 0 Å². The molecule has 8 rings (SSSR count). The number of carboxylic acid groups (broad SMARTS) is 1. The maximum Gasteiger partial charge on any atom is 0.337 e. The quantitative estimate of drug-likeness (QED) is 0.342. The molecule has 0 saturated carbocycles. The zero-order valence-electron chi connectivity index (χ0n) is 26.8. The molecule has 3 aromatic rings. The third-order valence-corrected chi connectivity index (χ3v) is 11.0. The van der Waals surface area contributed by atoms with E-state index in [1.54, 1.807) is 41.3 Å². The molecule has 15 heteroatoms. The van der Waals surface area contributed by atoms with E-state index in [4.69, 9.17) is 32.7 Å². The average Bonchev–Trinajstić information content (AvgIpc) is 3.27. The van der Waals surface area contributed by atoms with Crippen molar-refractivity contribution in [1.82, 2.24) is 9.80 Å². The van der Waals surface area contributed by atoms with E-state index in [0.29, 0.717) is 62.0 Å². The van der Waals surface area contributed by atoms with Crippen molar-refractivity contribution in [3.63, 3.8) is 0 Å². The topological polar surface area (TPSA) is 117 Å². The second-order valence-corrected chi connectivity index (χ2v) is 14.6. The van der Waals surface area contributed by atoms with Crippen molar-refractivity contribution < 1.29 is 42.8 Å². The van der Waals surface area contributed by atoms with E-state index >= 15 is 4.39 Å². The first-order valence-corrected chi connectivity index (χ1v) is 17.0. The lowest BCUT2D eigenvalue weighted by molar-refractivity contribution is -0.0512. The number of carbonyl (C=O) groups excluding carboxylic acids is 1. The highest BCUT2D eigenvalue weighted by molar-refractivity contribution is 6.40. The summed E-state index contributed by atoms with van der Waals surface area (Å²) >= 11 is 13.3. The first kappa shape index (κ1) is 34.7. The van der Waals surface area contributed by atoms with Gasteiger partial charge in [0.25, 0.3) is 12.3 Å². The Hall–Kier alpha value is -3.75. The lowest BCUT2D eigenvalue weighted by Gasteiger charge is -2.61. The number of halogens is 5. The Kier molecular flexibility index (Phi) is 9.09. The fourth-order valence-corrected chi connectivity index (χ4v) is 8.91. The Labute approximate surface area is 296 Å². The van der Waals surface area contributed by atoms with Crippen LogP contribution in [-0.2, 0) is 11.3 Å². The number of likely N-dealkylation sites (tertiary alicyclic amines) is 1. The summed E-state index contributed by atoms with van der Waals surface area (Å²) in [5.41, 5.74) is 2.54. The largest absolute Gasteiger partial charge is 0.478 e. The highest BCUT2D eigenvalue weighted by atomic mass is 35.5. The molecule has 1 amide bonds. The van der Waals surface area contributed by atoms with Gasteiger partial charge >= 0.3 is 5.97 Å².